The predicted octanol–water partition coefficient (Wildman–Crippen LogP) is 5.39. The minimum absolute atomic E-state index is 0.0457. The average Bonchev–Trinajstić information content (AvgIpc) is 2.94. The van der Waals surface area contributed by atoms with Gasteiger partial charge in [-0.2, -0.15) is 0 Å². The number of benzene rings is 2. The fraction of sp³-hybridized carbons (Fsp3) is 0.576. The Balaban J connectivity index is 1.36. The molecule has 42 heavy (non-hydrogen) atoms. The van der Waals surface area contributed by atoms with E-state index in [9.17, 15) is 22.4 Å². The van der Waals surface area contributed by atoms with Crippen LogP contribution in [0.15, 0.2) is 48.5 Å². The molecule has 9 heteroatoms. The van der Waals surface area contributed by atoms with Crippen molar-refractivity contribution in [2.45, 2.75) is 83.2 Å². The van der Waals surface area contributed by atoms with Crippen LogP contribution in [0.3, 0.4) is 0 Å². The van der Waals surface area contributed by atoms with Crippen LogP contribution in [0.2, 0.25) is 0 Å². The zero-order valence-corrected chi connectivity index (χ0v) is 25.8. The van der Waals surface area contributed by atoms with Gasteiger partial charge in [-0.3, -0.25) is 13.9 Å². The van der Waals surface area contributed by atoms with Gasteiger partial charge in [-0.05, 0) is 110 Å². The Morgan fingerprint density at radius 2 is 1.55 bits per heavy atom. The molecule has 4 aliphatic carbocycles. The van der Waals surface area contributed by atoms with Gasteiger partial charge in [0.1, 0.15) is 18.4 Å². The number of sulfonamides is 1. The molecule has 6 rings (SSSR count). The highest BCUT2D eigenvalue weighted by Crippen LogP contribution is 2.60. The zero-order chi connectivity index (χ0) is 30.1. The lowest BCUT2D eigenvalue weighted by molar-refractivity contribution is -0.139. The van der Waals surface area contributed by atoms with Crippen LogP contribution >= 0.6 is 0 Å². The van der Waals surface area contributed by atoms with Gasteiger partial charge in [-0.1, -0.05) is 37.6 Å². The van der Waals surface area contributed by atoms with Crippen molar-refractivity contribution in [1.82, 2.24) is 10.2 Å². The van der Waals surface area contributed by atoms with Gasteiger partial charge in [0.05, 0.1) is 11.9 Å². The summed E-state index contributed by atoms with van der Waals surface area (Å²) in [5.74, 6) is 1.18. The highest BCUT2D eigenvalue weighted by molar-refractivity contribution is 7.92. The SMILES string of the molecule is CCCCNC(=O)[C@H](C)N(Cc1ccc(F)cc1)C(=O)CN(c1ccc(C23CC4CC(CC(C4)C2)C3)cc1)S(C)(=O)=O. The molecule has 4 aliphatic rings. The van der Waals surface area contributed by atoms with E-state index in [1.807, 2.05) is 19.1 Å². The Morgan fingerprint density at radius 1 is 0.976 bits per heavy atom. The molecule has 2 amide bonds. The number of carbonyl (C=O) groups excluding carboxylic acids is 2. The lowest BCUT2D eigenvalue weighted by Gasteiger charge is -2.57. The average molecular weight is 598 g/mol. The van der Waals surface area contributed by atoms with Crippen molar-refractivity contribution >= 4 is 27.5 Å². The lowest BCUT2D eigenvalue weighted by Crippen LogP contribution is -2.51. The van der Waals surface area contributed by atoms with Crippen molar-refractivity contribution in [3.63, 3.8) is 0 Å². The summed E-state index contributed by atoms with van der Waals surface area (Å²) in [6.07, 6.45) is 10.5. The Bertz CT molecular complexity index is 1340. The summed E-state index contributed by atoms with van der Waals surface area (Å²) in [4.78, 5) is 28.1. The van der Waals surface area contributed by atoms with E-state index < -0.39 is 34.3 Å². The van der Waals surface area contributed by atoms with E-state index in [0.717, 1.165) is 41.2 Å². The van der Waals surface area contributed by atoms with E-state index in [-0.39, 0.29) is 17.9 Å². The monoisotopic (exact) mass is 597 g/mol. The maximum absolute atomic E-state index is 13.8. The Kier molecular flexibility index (Phi) is 8.97. The first-order valence-electron chi connectivity index (χ1n) is 15.4. The Morgan fingerprint density at radius 3 is 2.07 bits per heavy atom. The molecule has 1 atom stereocenters. The third-order valence-corrected chi connectivity index (χ3v) is 10.9. The van der Waals surface area contributed by atoms with Gasteiger partial charge in [0, 0.05) is 13.1 Å². The molecule has 0 radical (unpaired) electrons. The van der Waals surface area contributed by atoms with Crippen LogP contribution in [0.5, 0.6) is 0 Å². The predicted molar refractivity (Wildman–Crippen MR) is 163 cm³/mol. The highest BCUT2D eigenvalue weighted by atomic mass is 32.2. The molecule has 4 saturated carbocycles. The molecule has 2 aromatic rings. The molecule has 0 unspecified atom stereocenters. The van der Waals surface area contributed by atoms with E-state index >= 15 is 0 Å². The smallest absolute Gasteiger partial charge is 0.244 e. The molecule has 0 spiro atoms. The summed E-state index contributed by atoms with van der Waals surface area (Å²) in [6.45, 7) is 3.75. The molecule has 0 saturated heterocycles. The second-order valence-corrected chi connectivity index (χ2v) is 14.9. The topological polar surface area (TPSA) is 86.8 Å². The van der Waals surface area contributed by atoms with Crippen molar-refractivity contribution in [2.24, 2.45) is 17.8 Å². The number of hydrogen-bond acceptors (Lipinski definition) is 4. The summed E-state index contributed by atoms with van der Waals surface area (Å²) in [6, 6.07) is 12.7. The maximum atomic E-state index is 13.8. The summed E-state index contributed by atoms with van der Waals surface area (Å²) in [7, 11) is -3.81. The van der Waals surface area contributed by atoms with Crippen molar-refractivity contribution < 1.29 is 22.4 Å². The fourth-order valence-electron chi connectivity index (χ4n) is 7.96. The van der Waals surface area contributed by atoms with Crippen molar-refractivity contribution in [3.8, 4) is 0 Å². The minimum atomic E-state index is -3.81. The van der Waals surface area contributed by atoms with Gasteiger partial charge in [-0.15, -0.1) is 0 Å². The third kappa shape index (κ3) is 6.66. The number of nitrogens with zero attached hydrogens (tertiary/aromatic N) is 2. The van der Waals surface area contributed by atoms with Gasteiger partial charge in [0.15, 0.2) is 0 Å². The molecule has 4 bridgehead atoms. The molecule has 228 valence electrons. The summed E-state index contributed by atoms with van der Waals surface area (Å²) >= 11 is 0. The van der Waals surface area contributed by atoms with Crippen molar-refractivity contribution in [2.75, 3.05) is 23.7 Å². The fourth-order valence-corrected chi connectivity index (χ4v) is 8.81. The number of unbranched alkanes of at least 4 members (excludes halogenated alkanes) is 1. The third-order valence-electron chi connectivity index (χ3n) is 9.75. The molecule has 0 heterocycles. The van der Waals surface area contributed by atoms with Crippen molar-refractivity contribution in [1.29, 1.82) is 0 Å². The molecule has 0 aliphatic heterocycles. The van der Waals surface area contributed by atoms with E-state index in [1.54, 1.807) is 19.1 Å². The normalized spacial score (nSPS) is 25.2. The number of amides is 2. The minimum Gasteiger partial charge on any atom is -0.354 e. The van der Waals surface area contributed by atoms with Crippen LogP contribution in [-0.4, -0.2) is 50.5 Å². The number of nitrogens with one attached hydrogen (secondary N) is 1. The van der Waals surface area contributed by atoms with Crippen LogP contribution in [0.4, 0.5) is 10.1 Å². The van der Waals surface area contributed by atoms with E-state index in [0.29, 0.717) is 17.8 Å². The van der Waals surface area contributed by atoms with Crippen molar-refractivity contribution in [3.05, 3.63) is 65.5 Å². The Labute approximate surface area is 249 Å². The second-order valence-electron chi connectivity index (χ2n) is 13.0. The maximum Gasteiger partial charge on any atom is 0.244 e. The number of carbonyl (C=O) groups is 2. The molecule has 2 aromatic carbocycles. The van der Waals surface area contributed by atoms with Crippen LogP contribution in [0.25, 0.3) is 0 Å². The first-order valence-corrected chi connectivity index (χ1v) is 17.2. The lowest BCUT2D eigenvalue weighted by atomic mass is 9.48. The van der Waals surface area contributed by atoms with E-state index in [2.05, 4.69) is 17.4 Å². The molecule has 1 N–H and O–H groups in total. The first kappa shape index (κ1) is 30.5. The quantitative estimate of drug-likeness (QED) is 0.332. The molecule has 7 nitrogen and oxygen atoms in total. The number of halogens is 1. The number of anilines is 1. The molecule has 4 fully saturated rings. The van der Waals surface area contributed by atoms with E-state index in [4.69, 9.17) is 0 Å². The second kappa shape index (κ2) is 12.3. The number of hydrogen-bond donors (Lipinski definition) is 1. The standard InChI is InChI=1S/C33H44FN3O4S/c1-4-5-14-35-32(39)23(2)36(21-24-6-10-29(34)11-7-24)31(38)22-37(42(3,40)41)30-12-8-28(9-13-30)33-18-25-15-26(19-33)17-27(16-25)20-33/h6-13,23,25-27H,4-5,14-22H2,1-3H3,(H,35,39)/t23-,25?,26?,27?,33?/m0/s1. The van der Waals surface area contributed by atoms with E-state index in [1.165, 1.54) is 61.1 Å². The summed E-state index contributed by atoms with van der Waals surface area (Å²) < 4.78 is 40.7. The van der Waals surface area contributed by atoms with Gasteiger partial charge in [0.2, 0.25) is 21.8 Å². The number of rotatable bonds is 12. The summed E-state index contributed by atoms with van der Waals surface area (Å²) in [5, 5.41) is 2.86. The van der Waals surface area contributed by atoms with Gasteiger partial charge >= 0.3 is 0 Å². The van der Waals surface area contributed by atoms with Crippen LogP contribution in [0.1, 0.15) is 76.3 Å². The van der Waals surface area contributed by atoms with Crippen LogP contribution in [0, 0.1) is 23.6 Å². The zero-order valence-electron chi connectivity index (χ0n) is 25.0. The molecular weight excluding hydrogens is 553 g/mol. The molecular formula is C33H44FN3O4S. The highest BCUT2D eigenvalue weighted by Gasteiger charge is 2.51. The molecule has 0 aromatic heterocycles. The summed E-state index contributed by atoms with van der Waals surface area (Å²) in [5.41, 5.74) is 2.54. The van der Waals surface area contributed by atoms with Gasteiger partial charge in [-0.25, -0.2) is 12.8 Å². The van der Waals surface area contributed by atoms with Crippen LogP contribution in [-0.2, 0) is 31.6 Å². The first-order chi connectivity index (χ1) is 20.0. The van der Waals surface area contributed by atoms with Gasteiger partial charge in [0.25, 0.3) is 0 Å². The van der Waals surface area contributed by atoms with Crippen LogP contribution < -0.4 is 9.62 Å². The largest absolute Gasteiger partial charge is 0.354 e. The Hall–Kier alpha value is -2.94. The van der Waals surface area contributed by atoms with Gasteiger partial charge < -0.3 is 10.2 Å².